The topological polar surface area (TPSA) is 93.2 Å². The molecule has 0 radical (unpaired) electrons. The maximum absolute atomic E-state index is 13.0. The molecule has 3 heterocycles. The van der Waals surface area contributed by atoms with Gasteiger partial charge in [-0.15, -0.1) is 0 Å². The van der Waals surface area contributed by atoms with Crippen LogP contribution in [-0.4, -0.2) is 56.0 Å². The summed E-state index contributed by atoms with van der Waals surface area (Å²) in [5, 5.41) is 0. The van der Waals surface area contributed by atoms with Crippen molar-refractivity contribution in [1.29, 1.82) is 0 Å². The van der Waals surface area contributed by atoms with E-state index in [-0.39, 0.29) is 17.8 Å². The molecule has 1 saturated heterocycles. The Bertz CT molecular complexity index is 801. The van der Waals surface area contributed by atoms with Crippen molar-refractivity contribution in [1.82, 2.24) is 24.4 Å². The smallest absolute Gasteiger partial charge is 0.292 e. The molecule has 0 aromatic carbocycles. The van der Waals surface area contributed by atoms with Crippen LogP contribution in [0.5, 0.6) is 0 Å². The Balaban J connectivity index is 1.88. The molecule has 2 aromatic rings. The highest BCUT2D eigenvalue weighted by Gasteiger charge is 2.26. The summed E-state index contributed by atoms with van der Waals surface area (Å²) in [6.07, 6.45) is 4.54. The van der Waals surface area contributed by atoms with E-state index in [2.05, 4.69) is 19.9 Å². The van der Waals surface area contributed by atoms with Crippen molar-refractivity contribution in [2.24, 2.45) is 12.8 Å². The third-order valence-electron chi connectivity index (χ3n) is 5.00. The van der Waals surface area contributed by atoms with E-state index in [1.54, 1.807) is 11.1 Å². The first-order valence-corrected chi connectivity index (χ1v) is 9.02. The number of anilines is 1. The number of nitrogens with two attached hydrogens (primary N) is 1. The minimum absolute atomic E-state index is 0.152. The van der Waals surface area contributed by atoms with Crippen LogP contribution < -0.4 is 10.6 Å². The number of nitrogens with zero attached hydrogens (tertiary/aromatic N) is 6. The minimum atomic E-state index is -0.177. The number of rotatable bonds is 5. The molecule has 1 aliphatic heterocycles. The van der Waals surface area contributed by atoms with Crippen molar-refractivity contribution in [3.63, 3.8) is 0 Å². The van der Waals surface area contributed by atoms with Gasteiger partial charge in [-0.3, -0.25) is 4.79 Å². The normalized spacial score (nSPS) is 17.0. The lowest BCUT2D eigenvalue weighted by Gasteiger charge is -2.23. The summed E-state index contributed by atoms with van der Waals surface area (Å²) < 4.78 is 1.91. The fourth-order valence-corrected chi connectivity index (χ4v) is 3.19. The molecule has 0 spiro atoms. The molecule has 2 N–H and O–H groups in total. The van der Waals surface area contributed by atoms with E-state index in [0.29, 0.717) is 13.1 Å². The molecule has 140 valence electrons. The van der Waals surface area contributed by atoms with E-state index in [1.807, 2.05) is 38.6 Å². The number of amides is 1. The van der Waals surface area contributed by atoms with Crippen molar-refractivity contribution in [3.8, 4) is 0 Å². The summed E-state index contributed by atoms with van der Waals surface area (Å²) in [4.78, 5) is 30.3. The Hall–Kier alpha value is -2.48. The molecule has 1 aliphatic rings. The Morgan fingerprint density at radius 1 is 1.38 bits per heavy atom. The van der Waals surface area contributed by atoms with Crippen molar-refractivity contribution >= 4 is 11.7 Å². The first kappa shape index (κ1) is 18.3. The van der Waals surface area contributed by atoms with E-state index in [4.69, 9.17) is 5.73 Å². The molecule has 0 saturated carbocycles. The van der Waals surface area contributed by atoms with Gasteiger partial charge in [-0.25, -0.2) is 15.0 Å². The molecule has 3 rings (SSSR count). The van der Waals surface area contributed by atoms with Crippen LogP contribution in [0.2, 0.25) is 0 Å². The van der Waals surface area contributed by atoms with Gasteiger partial charge in [0.25, 0.3) is 5.91 Å². The zero-order chi connectivity index (χ0) is 18.8. The highest BCUT2D eigenvalue weighted by Crippen LogP contribution is 2.24. The highest BCUT2D eigenvalue weighted by molar-refractivity contribution is 5.91. The maximum atomic E-state index is 13.0. The third kappa shape index (κ3) is 3.55. The zero-order valence-corrected chi connectivity index (χ0v) is 15.9. The average molecular weight is 357 g/mol. The summed E-state index contributed by atoms with van der Waals surface area (Å²) in [5.74, 6) is 1.71. The Morgan fingerprint density at radius 2 is 2.15 bits per heavy atom. The van der Waals surface area contributed by atoms with E-state index in [0.717, 1.165) is 42.4 Å². The molecule has 1 fully saturated rings. The summed E-state index contributed by atoms with van der Waals surface area (Å²) in [6.45, 7) is 8.47. The third-order valence-corrected chi connectivity index (χ3v) is 5.00. The van der Waals surface area contributed by atoms with Crippen molar-refractivity contribution in [3.05, 3.63) is 35.3 Å². The van der Waals surface area contributed by atoms with Gasteiger partial charge in [0.15, 0.2) is 0 Å². The molecule has 0 unspecified atom stereocenters. The summed E-state index contributed by atoms with van der Waals surface area (Å²) in [7, 11) is 1.92. The first-order valence-electron chi connectivity index (χ1n) is 9.02. The number of hydrogen-bond donors (Lipinski definition) is 1. The molecule has 1 atom stereocenters. The maximum Gasteiger partial charge on any atom is 0.292 e. The van der Waals surface area contributed by atoms with Crippen LogP contribution in [0.15, 0.2) is 12.4 Å². The van der Waals surface area contributed by atoms with Gasteiger partial charge < -0.3 is 20.1 Å². The van der Waals surface area contributed by atoms with Crippen LogP contribution in [0.1, 0.15) is 41.0 Å². The second-order valence-corrected chi connectivity index (χ2v) is 6.85. The number of carbonyl (C=O) groups is 1. The zero-order valence-electron chi connectivity index (χ0n) is 15.9. The lowest BCUT2D eigenvalue weighted by Crippen LogP contribution is -2.34. The van der Waals surface area contributed by atoms with Gasteiger partial charge in [-0.2, -0.15) is 0 Å². The Labute approximate surface area is 154 Å². The lowest BCUT2D eigenvalue weighted by atomic mass is 10.2. The van der Waals surface area contributed by atoms with Gasteiger partial charge >= 0.3 is 0 Å². The average Bonchev–Trinajstić information content (AvgIpc) is 3.22. The molecule has 0 bridgehead atoms. The van der Waals surface area contributed by atoms with E-state index in [1.165, 1.54) is 0 Å². The molecule has 8 nitrogen and oxygen atoms in total. The van der Waals surface area contributed by atoms with Crippen LogP contribution in [-0.2, 0) is 13.6 Å². The Morgan fingerprint density at radius 3 is 2.73 bits per heavy atom. The van der Waals surface area contributed by atoms with Crippen LogP contribution >= 0.6 is 0 Å². The monoisotopic (exact) mass is 357 g/mol. The van der Waals surface area contributed by atoms with Crippen LogP contribution in [0, 0.1) is 13.8 Å². The molecule has 1 amide bonds. The van der Waals surface area contributed by atoms with Crippen LogP contribution in [0.25, 0.3) is 0 Å². The standard InChI is InChI=1S/C18H27N7O/c1-5-24(11-15-20-7-9-23(15)4)18(26)16-21-13(3)12(2)17(22-16)25-8-6-14(19)10-25/h7,9,14H,5-6,8,10-11,19H2,1-4H3/t14-/m1/s1. The van der Waals surface area contributed by atoms with Gasteiger partial charge in [0.05, 0.1) is 6.54 Å². The minimum Gasteiger partial charge on any atom is -0.355 e. The largest absolute Gasteiger partial charge is 0.355 e. The molecule has 26 heavy (non-hydrogen) atoms. The molecule has 8 heteroatoms. The molecular weight excluding hydrogens is 330 g/mol. The second kappa shape index (κ2) is 7.41. The van der Waals surface area contributed by atoms with Gasteiger partial charge in [-0.05, 0) is 27.2 Å². The number of carbonyl (C=O) groups excluding carboxylic acids is 1. The quantitative estimate of drug-likeness (QED) is 0.859. The predicted octanol–water partition coefficient (Wildman–Crippen LogP) is 1.03. The summed E-state index contributed by atoms with van der Waals surface area (Å²) >= 11 is 0. The van der Waals surface area contributed by atoms with Gasteiger partial charge in [0.1, 0.15) is 11.6 Å². The molecular formula is C18H27N7O. The lowest BCUT2D eigenvalue weighted by molar-refractivity contribution is 0.0734. The fourth-order valence-electron chi connectivity index (χ4n) is 3.19. The van der Waals surface area contributed by atoms with Gasteiger partial charge in [0.2, 0.25) is 5.82 Å². The SMILES string of the molecule is CCN(Cc1nccn1C)C(=O)c1nc(C)c(C)c(N2CC[C@@H](N)C2)n1. The Kier molecular flexibility index (Phi) is 5.22. The highest BCUT2D eigenvalue weighted by atomic mass is 16.2. The number of aromatic nitrogens is 4. The van der Waals surface area contributed by atoms with Gasteiger partial charge in [-0.1, -0.05) is 0 Å². The van der Waals surface area contributed by atoms with Crippen LogP contribution in [0.4, 0.5) is 5.82 Å². The van der Waals surface area contributed by atoms with Crippen LogP contribution in [0.3, 0.4) is 0 Å². The fraction of sp³-hybridized carbons (Fsp3) is 0.556. The summed E-state index contributed by atoms with van der Waals surface area (Å²) in [5.41, 5.74) is 7.87. The van der Waals surface area contributed by atoms with Gasteiger partial charge in [0, 0.05) is 56.4 Å². The predicted molar refractivity (Wildman–Crippen MR) is 99.9 cm³/mol. The number of hydrogen-bond acceptors (Lipinski definition) is 6. The summed E-state index contributed by atoms with van der Waals surface area (Å²) in [6, 6.07) is 0.152. The number of imidazole rings is 1. The van der Waals surface area contributed by atoms with Crippen molar-refractivity contribution in [2.45, 2.75) is 39.8 Å². The van der Waals surface area contributed by atoms with Crippen molar-refractivity contribution < 1.29 is 4.79 Å². The van der Waals surface area contributed by atoms with E-state index < -0.39 is 0 Å². The molecule has 2 aromatic heterocycles. The first-order chi connectivity index (χ1) is 12.4. The molecule has 0 aliphatic carbocycles. The van der Waals surface area contributed by atoms with E-state index >= 15 is 0 Å². The van der Waals surface area contributed by atoms with Crippen molar-refractivity contribution in [2.75, 3.05) is 24.5 Å². The second-order valence-electron chi connectivity index (χ2n) is 6.85. The van der Waals surface area contributed by atoms with E-state index in [9.17, 15) is 4.79 Å². The number of aryl methyl sites for hydroxylation is 2.